The van der Waals surface area contributed by atoms with E-state index in [2.05, 4.69) is 10.2 Å². The van der Waals surface area contributed by atoms with E-state index in [1.54, 1.807) is 13.8 Å². The summed E-state index contributed by atoms with van der Waals surface area (Å²) in [6, 6.07) is 11.9. The van der Waals surface area contributed by atoms with E-state index < -0.39 is 5.60 Å². The van der Waals surface area contributed by atoms with E-state index in [0.717, 1.165) is 22.1 Å². The minimum absolute atomic E-state index is 0.479. The van der Waals surface area contributed by atoms with Crippen LogP contribution in [-0.4, -0.2) is 21.6 Å². The van der Waals surface area contributed by atoms with E-state index in [9.17, 15) is 5.11 Å². The first kappa shape index (κ1) is 12.1. The lowest BCUT2D eigenvalue weighted by Crippen LogP contribution is -2.14. The van der Waals surface area contributed by atoms with Crippen molar-refractivity contribution in [3.8, 4) is 5.75 Å². The lowest BCUT2D eigenvalue weighted by Gasteiger charge is -2.18. The monoisotopic (exact) mass is 243 g/mol. The summed E-state index contributed by atoms with van der Waals surface area (Å²) in [5, 5.41) is 12.2. The Hall–Kier alpha value is -1.32. The highest BCUT2D eigenvalue weighted by atomic mass is 28.1. The summed E-state index contributed by atoms with van der Waals surface area (Å²) < 4.78 is 5.38. The van der Waals surface area contributed by atoms with Crippen LogP contribution in [0.15, 0.2) is 36.4 Å². The van der Waals surface area contributed by atoms with Crippen LogP contribution in [0.4, 0.5) is 0 Å². The molecule has 17 heavy (non-hydrogen) atoms. The predicted molar refractivity (Wildman–Crippen MR) is 70.4 cm³/mol. The minimum Gasteiger partial charge on any atom is -0.498 e. The van der Waals surface area contributed by atoms with Crippen LogP contribution in [-0.2, 0) is 5.60 Å². The van der Waals surface area contributed by atoms with Crippen LogP contribution in [0.2, 0.25) is 0 Å². The van der Waals surface area contributed by atoms with Gasteiger partial charge in [-0.3, -0.25) is 0 Å². The smallest absolute Gasteiger partial charge is 0.119 e. The third kappa shape index (κ3) is 2.68. The Labute approximate surface area is 105 Å². The first-order valence-electron chi connectivity index (χ1n) is 5.55. The molecule has 3 heteroatoms. The Morgan fingerprint density at radius 2 is 1.76 bits per heavy atom. The van der Waals surface area contributed by atoms with Gasteiger partial charge in [-0.15, -0.1) is 0 Å². The zero-order chi connectivity index (χ0) is 12.5. The molecule has 0 aliphatic rings. The molecule has 87 valence electrons. The fourth-order valence-electron chi connectivity index (χ4n) is 1.78. The van der Waals surface area contributed by atoms with Crippen molar-refractivity contribution in [3.05, 3.63) is 42.0 Å². The molecule has 0 spiro atoms. The van der Waals surface area contributed by atoms with Crippen LogP contribution in [0, 0.1) is 0 Å². The molecule has 0 amide bonds. The molecular formula is C14H15O2Si. The summed E-state index contributed by atoms with van der Waals surface area (Å²) in [4.78, 5) is 0. The van der Waals surface area contributed by atoms with Gasteiger partial charge in [-0.05, 0) is 48.4 Å². The van der Waals surface area contributed by atoms with Gasteiger partial charge in [0.15, 0.2) is 0 Å². The predicted octanol–water partition coefficient (Wildman–Crippen LogP) is 2.57. The van der Waals surface area contributed by atoms with Gasteiger partial charge in [0.1, 0.15) is 5.75 Å². The van der Waals surface area contributed by atoms with E-state index in [0.29, 0.717) is 6.23 Å². The first-order valence-corrected chi connectivity index (χ1v) is 6.25. The largest absolute Gasteiger partial charge is 0.498 e. The number of fused-ring (bicyclic) bond motifs is 1. The van der Waals surface area contributed by atoms with Gasteiger partial charge in [-0.2, -0.15) is 0 Å². The van der Waals surface area contributed by atoms with Crippen LogP contribution >= 0.6 is 0 Å². The molecule has 0 aliphatic carbocycles. The van der Waals surface area contributed by atoms with Crippen molar-refractivity contribution in [3.63, 3.8) is 0 Å². The maximum absolute atomic E-state index is 9.96. The van der Waals surface area contributed by atoms with Crippen molar-refractivity contribution >= 4 is 21.0 Å². The second-order valence-electron chi connectivity index (χ2n) is 4.57. The normalized spacial score (nSPS) is 11.8. The Bertz CT molecular complexity index is 529. The van der Waals surface area contributed by atoms with Gasteiger partial charge in [0, 0.05) is 0 Å². The third-order valence-corrected chi connectivity index (χ3v) is 2.90. The van der Waals surface area contributed by atoms with Gasteiger partial charge < -0.3 is 9.84 Å². The zero-order valence-corrected chi connectivity index (χ0v) is 11.0. The first-order chi connectivity index (χ1) is 8.00. The fourth-order valence-corrected chi connectivity index (χ4v) is 1.94. The minimum atomic E-state index is -0.807. The highest BCUT2D eigenvalue weighted by molar-refractivity contribution is 6.08. The Morgan fingerprint density at radius 1 is 1.12 bits per heavy atom. The summed E-state index contributed by atoms with van der Waals surface area (Å²) in [5.41, 5.74) is 0.109. The highest BCUT2D eigenvalue weighted by Crippen LogP contribution is 2.26. The molecule has 0 unspecified atom stereocenters. The second-order valence-corrected chi connectivity index (χ2v) is 4.86. The van der Waals surface area contributed by atoms with Crippen LogP contribution in [0.1, 0.15) is 19.4 Å². The molecular weight excluding hydrogens is 228 g/mol. The molecule has 0 aliphatic heterocycles. The van der Waals surface area contributed by atoms with E-state index in [4.69, 9.17) is 4.74 Å². The van der Waals surface area contributed by atoms with Gasteiger partial charge in [0.25, 0.3) is 0 Å². The van der Waals surface area contributed by atoms with Gasteiger partial charge >= 0.3 is 0 Å². The Kier molecular flexibility index (Phi) is 3.22. The SMILES string of the molecule is CC(C)(O)c1ccc2cc(OC[Si])ccc2c1. The van der Waals surface area contributed by atoms with Crippen molar-refractivity contribution < 1.29 is 9.84 Å². The quantitative estimate of drug-likeness (QED) is 0.840. The summed E-state index contributed by atoms with van der Waals surface area (Å²) in [5.74, 6) is 0.837. The highest BCUT2D eigenvalue weighted by Gasteiger charge is 2.15. The zero-order valence-electron chi connectivity index (χ0n) is 10.0. The molecule has 2 aromatic rings. The molecule has 0 atom stereocenters. The Morgan fingerprint density at radius 3 is 2.41 bits per heavy atom. The average Bonchev–Trinajstić information content (AvgIpc) is 2.27. The fraction of sp³-hybridized carbons (Fsp3) is 0.286. The molecule has 1 N–H and O–H groups in total. The molecule has 2 aromatic carbocycles. The van der Waals surface area contributed by atoms with Crippen molar-refractivity contribution in [1.82, 2.24) is 0 Å². The lowest BCUT2D eigenvalue weighted by atomic mass is 9.95. The van der Waals surface area contributed by atoms with Gasteiger partial charge in [-0.1, -0.05) is 18.2 Å². The molecule has 0 saturated heterocycles. The van der Waals surface area contributed by atoms with Crippen LogP contribution in [0.3, 0.4) is 0 Å². The van der Waals surface area contributed by atoms with E-state index in [1.807, 2.05) is 36.4 Å². The molecule has 0 aromatic heterocycles. The van der Waals surface area contributed by atoms with E-state index in [1.165, 1.54) is 0 Å². The number of hydrogen-bond donors (Lipinski definition) is 1. The van der Waals surface area contributed by atoms with Crippen molar-refractivity contribution in [2.75, 3.05) is 6.23 Å². The van der Waals surface area contributed by atoms with Crippen LogP contribution in [0.5, 0.6) is 5.75 Å². The number of ether oxygens (including phenoxy) is 1. The molecule has 0 bridgehead atoms. The Balaban J connectivity index is 2.47. The lowest BCUT2D eigenvalue weighted by molar-refractivity contribution is 0.0787. The molecule has 0 fully saturated rings. The van der Waals surface area contributed by atoms with Crippen molar-refractivity contribution in [2.24, 2.45) is 0 Å². The molecule has 2 rings (SSSR count). The van der Waals surface area contributed by atoms with Crippen LogP contribution in [0.25, 0.3) is 10.8 Å². The number of rotatable bonds is 3. The number of hydrogen-bond acceptors (Lipinski definition) is 2. The van der Waals surface area contributed by atoms with Crippen molar-refractivity contribution in [1.29, 1.82) is 0 Å². The maximum Gasteiger partial charge on any atom is 0.119 e. The van der Waals surface area contributed by atoms with Crippen molar-refractivity contribution in [2.45, 2.75) is 19.4 Å². The number of benzene rings is 2. The summed E-state index contributed by atoms with van der Waals surface area (Å²) in [7, 11) is 3.28. The van der Waals surface area contributed by atoms with Gasteiger partial charge in [0.05, 0.1) is 22.1 Å². The van der Waals surface area contributed by atoms with E-state index in [-0.39, 0.29) is 0 Å². The van der Waals surface area contributed by atoms with Crippen LogP contribution < -0.4 is 4.74 Å². The molecule has 0 saturated carbocycles. The summed E-state index contributed by atoms with van der Waals surface area (Å²) in [6.07, 6.45) is 0.479. The number of aliphatic hydroxyl groups is 1. The topological polar surface area (TPSA) is 29.5 Å². The van der Waals surface area contributed by atoms with E-state index >= 15 is 0 Å². The molecule has 0 heterocycles. The molecule has 3 radical (unpaired) electrons. The van der Waals surface area contributed by atoms with Gasteiger partial charge in [-0.25, -0.2) is 0 Å². The second kappa shape index (κ2) is 4.51. The molecule has 2 nitrogen and oxygen atoms in total. The van der Waals surface area contributed by atoms with Gasteiger partial charge in [0.2, 0.25) is 0 Å². The standard InChI is InChI=1S/C14H15O2Si/c1-14(2,15)12-5-3-11-8-13(16-9-17)6-4-10(11)7-12/h3-8,15H,9H2,1-2H3. The maximum atomic E-state index is 9.96. The third-order valence-electron chi connectivity index (χ3n) is 2.76. The summed E-state index contributed by atoms with van der Waals surface area (Å²) >= 11 is 0. The summed E-state index contributed by atoms with van der Waals surface area (Å²) in [6.45, 7) is 3.58. The average molecular weight is 243 g/mol.